The number of aromatic nitrogens is 1. The maximum absolute atomic E-state index is 4.39. The van der Waals surface area contributed by atoms with Crippen LogP contribution in [-0.2, 0) is 11.9 Å². The average molecular weight is 305 g/mol. The summed E-state index contributed by atoms with van der Waals surface area (Å²) in [5.74, 6) is 0. The summed E-state index contributed by atoms with van der Waals surface area (Å²) in [7, 11) is 0. The van der Waals surface area contributed by atoms with Crippen molar-refractivity contribution in [3.63, 3.8) is 0 Å². The number of halogens is 1. The van der Waals surface area contributed by atoms with Gasteiger partial charge in [0.05, 0.1) is 12.2 Å². The Morgan fingerprint density at radius 3 is 2.56 bits per heavy atom. The van der Waals surface area contributed by atoms with E-state index in [4.69, 9.17) is 0 Å². The maximum Gasteiger partial charge on any atom is 0.0602 e. The molecule has 0 atom stereocenters. The van der Waals surface area contributed by atoms with E-state index in [9.17, 15) is 0 Å². The van der Waals surface area contributed by atoms with E-state index in [1.807, 2.05) is 18.3 Å². The molecule has 1 aromatic carbocycles. The van der Waals surface area contributed by atoms with Crippen molar-refractivity contribution in [3.8, 4) is 0 Å². The van der Waals surface area contributed by atoms with E-state index < -0.39 is 0 Å². The standard InChI is InChI=1S/C15H17BrN2/c1-2-18(12-14-8-5-6-10-17-14)15-9-4-3-7-13(15)11-16/h3-10H,2,11-12H2,1H3. The molecule has 0 aliphatic rings. The first-order valence-corrected chi connectivity index (χ1v) is 7.26. The first-order chi connectivity index (χ1) is 8.85. The largest absolute Gasteiger partial charge is 0.366 e. The molecule has 0 spiro atoms. The van der Waals surface area contributed by atoms with Gasteiger partial charge in [-0.05, 0) is 30.7 Å². The molecular weight excluding hydrogens is 288 g/mol. The molecule has 2 aromatic rings. The summed E-state index contributed by atoms with van der Waals surface area (Å²) < 4.78 is 0. The van der Waals surface area contributed by atoms with Crippen LogP contribution in [0.2, 0.25) is 0 Å². The van der Waals surface area contributed by atoms with Gasteiger partial charge in [0.15, 0.2) is 0 Å². The van der Waals surface area contributed by atoms with Crippen molar-refractivity contribution >= 4 is 21.6 Å². The van der Waals surface area contributed by atoms with Gasteiger partial charge in [-0.15, -0.1) is 0 Å². The number of rotatable bonds is 5. The lowest BCUT2D eigenvalue weighted by atomic mass is 10.1. The number of pyridine rings is 1. The van der Waals surface area contributed by atoms with Gasteiger partial charge in [-0.25, -0.2) is 0 Å². The number of hydrogen-bond acceptors (Lipinski definition) is 2. The van der Waals surface area contributed by atoms with Crippen LogP contribution >= 0.6 is 15.9 Å². The van der Waals surface area contributed by atoms with Crippen LogP contribution in [0.3, 0.4) is 0 Å². The van der Waals surface area contributed by atoms with Crippen LogP contribution in [0.5, 0.6) is 0 Å². The second kappa shape index (κ2) is 6.55. The highest BCUT2D eigenvalue weighted by molar-refractivity contribution is 9.08. The van der Waals surface area contributed by atoms with Gasteiger partial charge < -0.3 is 4.90 Å². The Bertz CT molecular complexity index is 485. The van der Waals surface area contributed by atoms with Crippen LogP contribution in [0.15, 0.2) is 48.7 Å². The quantitative estimate of drug-likeness (QED) is 0.776. The van der Waals surface area contributed by atoms with Crippen LogP contribution in [0, 0.1) is 0 Å². The average Bonchev–Trinajstić information content (AvgIpc) is 2.46. The lowest BCUT2D eigenvalue weighted by Crippen LogP contribution is -2.23. The van der Waals surface area contributed by atoms with Crippen molar-refractivity contribution in [3.05, 3.63) is 59.9 Å². The van der Waals surface area contributed by atoms with E-state index in [1.165, 1.54) is 11.3 Å². The summed E-state index contributed by atoms with van der Waals surface area (Å²) in [5, 5.41) is 0.877. The predicted molar refractivity (Wildman–Crippen MR) is 80.0 cm³/mol. The normalized spacial score (nSPS) is 10.3. The van der Waals surface area contributed by atoms with Gasteiger partial charge >= 0.3 is 0 Å². The van der Waals surface area contributed by atoms with Gasteiger partial charge in [0.1, 0.15) is 0 Å². The molecule has 0 saturated heterocycles. The first-order valence-electron chi connectivity index (χ1n) is 6.14. The Kier molecular flexibility index (Phi) is 4.76. The van der Waals surface area contributed by atoms with Gasteiger partial charge in [0, 0.05) is 23.8 Å². The first kappa shape index (κ1) is 13.1. The number of para-hydroxylation sites is 1. The van der Waals surface area contributed by atoms with Crippen LogP contribution in [0.1, 0.15) is 18.2 Å². The molecular formula is C15H17BrN2. The minimum absolute atomic E-state index is 0.849. The van der Waals surface area contributed by atoms with Gasteiger partial charge in [-0.3, -0.25) is 4.98 Å². The minimum atomic E-state index is 0.849. The Labute approximate surface area is 117 Å². The molecule has 1 aromatic heterocycles. The van der Waals surface area contributed by atoms with E-state index in [0.29, 0.717) is 0 Å². The second-order valence-corrected chi connectivity index (χ2v) is 4.66. The molecule has 0 saturated carbocycles. The van der Waals surface area contributed by atoms with Gasteiger partial charge in [-0.2, -0.15) is 0 Å². The summed E-state index contributed by atoms with van der Waals surface area (Å²) in [6.45, 7) is 4.00. The molecule has 94 valence electrons. The van der Waals surface area contributed by atoms with E-state index >= 15 is 0 Å². The van der Waals surface area contributed by atoms with Crippen molar-refractivity contribution in [2.24, 2.45) is 0 Å². The topological polar surface area (TPSA) is 16.1 Å². The Morgan fingerprint density at radius 1 is 1.11 bits per heavy atom. The lowest BCUT2D eigenvalue weighted by Gasteiger charge is -2.25. The molecule has 3 heteroatoms. The highest BCUT2D eigenvalue weighted by Gasteiger charge is 2.09. The summed E-state index contributed by atoms with van der Waals surface area (Å²) in [4.78, 5) is 6.74. The Balaban J connectivity index is 2.23. The number of anilines is 1. The third-order valence-corrected chi connectivity index (χ3v) is 3.54. The summed E-state index contributed by atoms with van der Waals surface area (Å²) >= 11 is 3.55. The molecule has 0 fully saturated rings. The van der Waals surface area contributed by atoms with Crippen LogP contribution in [-0.4, -0.2) is 11.5 Å². The molecule has 2 nitrogen and oxygen atoms in total. The molecule has 0 radical (unpaired) electrons. The second-order valence-electron chi connectivity index (χ2n) is 4.10. The third kappa shape index (κ3) is 3.10. The molecule has 0 bridgehead atoms. The molecule has 0 aliphatic carbocycles. The minimum Gasteiger partial charge on any atom is -0.366 e. The van der Waals surface area contributed by atoms with Crippen molar-refractivity contribution < 1.29 is 0 Å². The Hall–Kier alpha value is -1.35. The van der Waals surface area contributed by atoms with Crippen molar-refractivity contribution in [2.45, 2.75) is 18.8 Å². The number of nitrogens with zero attached hydrogens (tertiary/aromatic N) is 2. The zero-order valence-corrected chi connectivity index (χ0v) is 12.1. The molecule has 1 heterocycles. The maximum atomic E-state index is 4.39. The van der Waals surface area contributed by atoms with Crippen molar-refractivity contribution in [1.29, 1.82) is 0 Å². The molecule has 0 N–H and O–H groups in total. The summed E-state index contributed by atoms with van der Waals surface area (Å²) in [6, 6.07) is 14.5. The molecule has 2 rings (SSSR count). The summed E-state index contributed by atoms with van der Waals surface area (Å²) in [6.07, 6.45) is 1.85. The fraction of sp³-hybridized carbons (Fsp3) is 0.267. The van der Waals surface area contributed by atoms with E-state index in [-0.39, 0.29) is 0 Å². The van der Waals surface area contributed by atoms with Gasteiger partial charge in [0.25, 0.3) is 0 Å². The summed E-state index contributed by atoms with van der Waals surface area (Å²) in [5.41, 5.74) is 3.70. The van der Waals surface area contributed by atoms with Crippen LogP contribution in [0.4, 0.5) is 5.69 Å². The Morgan fingerprint density at radius 2 is 1.89 bits per heavy atom. The smallest absolute Gasteiger partial charge is 0.0602 e. The molecule has 0 aliphatic heterocycles. The SMILES string of the molecule is CCN(Cc1ccccn1)c1ccccc1CBr. The number of hydrogen-bond donors (Lipinski definition) is 0. The number of benzene rings is 1. The fourth-order valence-corrected chi connectivity index (χ4v) is 2.46. The zero-order chi connectivity index (χ0) is 12.8. The van der Waals surface area contributed by atoms with Crippen molar-refractivity contribution in [1.82, 2.24) is 4.98 Å². The highest BCUT2D eigenvalue weighted by Crippen LogP contribution is 2.23. The van der Waals surface area contributed by atoms with Crippen LogP contribution < -0.4 is 4.90 Å². The highest BCUT2D eigenvalue weighted by atomic mass is 79.9. The molecule has 18 heavy (non-hydrogen) atoms. The van der Waals surface area contributed by atoms with E-state index in [0.717, 1.165) is 24.1 Å². The fourth-order valence-electron chi connectivity index (χ4n) is 1.99. The predicted octanol–water partition coefficient (Wildman–Crippen LogP) is 4.00. The zero-order valence-electron chi connectivity index (χ0n) is 10.5. The van der Waals surface area contributed by atoms with E-state index in [2.05, 4.69) is 63.1 Å². The van der Waals surface area contributed by atoms with Gasteiger partial charge in [-0.1, -0.05) is 40.2 Å². The molecule has 0 amide bonds. The van der Waals surface area contributed by atoms with E-state index in [1.54, 1.807) is 0 Å². The van der Waals surface area contributed by atoms with Crippen LogP contribution in [0.25, 0.3) is 0 Å². The van der Waals surface area contributed by atoms with Gasteiger partial charge in [0.2, 0.25) is 0 Å². The molecule has 0 unspecified atom stereocenters. The van der Waals surface area contributed by atoms with Crippen molar-refractivity contribution in [2.75, 3.05) is 11.4 Å². The monoisotopic (exact) mass is 304 g/mol. The number of alkyl halides is 1. The lowest BCUT2D eigenvalue weighted by molar-refractivity contribution is 0.806. The third-order valence-electron chi connectivity index (χ3n) is 2.94.